The van der Waals surface area contributed by atoms with Crippen LogP contribution in [0.25, 0.3) is 11.3 Å². The molecule has 0 bridgehead atoms. The Morgan fingerprint density at radius 3 is 2.93 bits per heavy atom. The van der Waals surface area contributed by atoms with Gasteiger partial charge in [0.1, 0.15) is 11.6 Å². The molecule has 1 aromatic carbocycles. The van der Waals surface area contributed by atoms with Gasteiger partial charge in [-0.15, -0.1) is 0 Å². The lowest BCUT2D eigenvalue weighted by Gasteiger charge is -2.20. The second kappa shape index (κ2) is 7.38. The van der Waals surface area contributed by atoms with Crippen molar-refractivity contribution in [2.75, 3.05) is 36.6 Å². The molecule has 3 heterocycles. The number of pyridine rings is 1. The van der Waals surface area contributed by atoms with Gasteiger partial charge in [-0.2, -0.15) is 0 Å². The molecule has 8 nitrogen and oxygen atoms in total. The van der Waals surface area contributed by atoms with E-state index in [2.05, 4.69) is 25.6 Å². The molecule has 3 aromatic rings. The number of benzene rings is 1. The number of aromatic nitrogens is 3. The molecule has 9 heteroatoms. The Labute approximate surface area is 173 Å². The van der Waals surface area contributed by atoms with Crippen molar-refractivity contribution in [3.63, 3.8) is 0 Å². The van der Waals surface area contributed by atoms with Crippen molar-refractivity contribution in [3.05, 3.63) is 47.2 Å². The number of rotatable bonds is 5. The molecule has 0 amide bonds. The van der Waals surface area contributed by atoms with Crippen LogP contribution in [-0.2, 0) is 5.41 Å². The minimum Gasteiger partial charge on any atom is -0.494 e. The Kier molecular flexibility index (Phi) is 4.89. The molecule has 0 aliphatic carbocycles. The lowest BCUT2D eigenvalue weighted by Crippen LogP contribution is -2.28. The number of halogens is 1. The van der Waals surface area contributed by atoms with E-state index in [9.17, 15) is 5.11 Å². The average molecular weight is 413 g/mol. The molecule has 1 unspecified atom stereocenters. The molecule has 1 atom stereocenters. The molecule has 0 saturated heterocycles. The van der Waals surface area contributed by atoms with E-state index in [1.807, 2.05) is 13.0 Å². The van der Waals surface area contributed by atoms with Gasteiger partial charge in [0.05, 0.1) is 35.8 Å². The first kappa shape index (κ1) is 19.2. The summed E-state index contributed by atoms with van der Waals surface area (Å²) in [5.41, 5.74) is 8.99. The van der Waals surface area contributed by atoms with E-state index in [0.717, 1.165) is 16.9 Å². The van der Waals surface area contributed by atoms with Crippen LogP contribution in [0, 0.1) is 0 Å². The Morgan fingerprint density at radius 2 is 2.17 bits per heavy atom. The van der Waals surface area contributed by atoms with Crippen molar-refractivity contribution in [1.29, 1.82) is 0 Å². The zero-order valence-corrected chi connectivity index (χ0v) is 16.8. The quantitative estimate of drug-likeness (QED) is 0.472. The largest absolute Gasteiger partial charge is 0.494 e. The fourth-order valence-electron chi connectivity index (χ4n) is 3.26. The summed E-state index contributed by atoms with van der Waals surface area (Å²) in [6, 6.07) is 7.12. The molecule has 150 valence electrons. The lowest BCUT2D eigenvalue weighted by atomic mass is 9.85. The standard InChI is InChI=1S/C20H21ClN6O2/c1-20(10-28)9-25-18-12(20)5-11(8-24-18)15-3-4-23-19(26-15)27-16-6-13(21)14(22)7-17(16)29-2/h3-8,28H,9-10,22H2,1-2H3,(H,24,25)(H,23,26,27). The third-order valence-electron chi connectivity index (χ3n) is 5.05. The van der Waals surface area contributed by atoms with Gasteiger partial charge in [0.25, 0.3) is 0 Å². The summed E-state index contributed by atoms with van der Waals surface area (Å²) in [4.78, 5) is 13.4. The van der Waals surface area contributed by atoms with Crippen molar-refractivity contribution < 1.29 is 9.84 Å². The molecule has 0 spiro atoms. The maximum atomic E-state index is 9.80. The van der Waals surface area contributed by atoms with Crippen molar-refractivity contribution in [1.82, 2.24) is 15.0 Å². The summed E-state index contributed by atoms with van der Waals surface area (Å²) < 4.78 is 5.36. The normalized spacial score (nSPS) is 17.5. The fraction of sp³-hybridized carbons (Fsp3) is 0.250. The van der Waals surface area contributed by atoms with Gasteiger partial charge >= 0.3 is 0 Å². The highest BCUT2D eigenvalue weighted by molar-refractivity contribution is 6.33. The summed E-state index contributed by atoms with van der Waals surface area (Å²) in [6.07, 6.45) is 3.41. The molecule has 5 N–H and O–H groups in total. The highest BCUT2D eigenvalue weighted by atomic mass is 35.5. The molecular formula is C20H21ClN6O2. The van der Waals surface area contributed by atoms with Crippen molar-refractivity contribution >= 4 is 34.7 Å². The second-order valence-electron chi connectivity index (χ2n) is 7.16. The van der Waals surface area contributed by atoms with E-state index < -0.39 is 0 Å². The molecule has 0 radical (unpaired) electrons. The van der Waals surface area contributed by atoms with Crippen molar-refractivity contribution in [2.45, 2.75) is 12.3 Å². The number of aliphatic hydroxyl groups is 1. The number of ether oxygens (including phenoxy) is 1. The molecule has 0 saturated carbocycles. The number of fused-ring (bicyclic) bond motifs is 1. The zero-order chi connectivity index (χ0) is 20.6. The Morgan fingerprint density at radius 1 is 1.34 bits per heavy atom. The van der Waals surface area contributed by atoms with Gasteiger partial charge in [-0.3, -0.25) is 0 Å². The van der Waals surface area contributed by atoms with Gasteiger partial charge in [0.15, 0.2) is 0 Å². The maximum absolute atomic E-state index is 9.80. The number of anilines is 4. The van der Waals surface area contributed by atoms with Crippen LogP contribution in [0.15, 0.2) is 36.7 Å². The summed E-state index contributed by atoms with van der Waals surface area (Å²) in [7, 11) is 1.55. The molecule has 0 fully saturated rings. The topological polar surface area (TPSA) is 118 Å². The van der Waals surface area contributed by atoms with Crippen molar-refractivity contribution in [3.8, 4) is 17.0 Å². The SMILES string of the molecule is COc1cc(N)c(Cl)cc1Nc1nccc(-c2cnc3c(c2)C(C)(CO)CN3)n1. The molecule has 1 aliphatic rings. The second-order valence-corrected chi connectivity index (χ2v) is 7.56. The smallest absolute Gasteiger partial charge is 0.227 e. The van der Waals surface area contributed by atoms with Crippen LogP contribution in [0.5, 0.6) is 5.75 Å². The van der Waals surface area contributed by atoms with E-state index >= 15 is 0 Å². The molecule has 2 aromatic heterocycles. The minimum atomic E-state index is -0.374. The van der Waals surface area contributed by atoms with Gasteiger partial charge in [-0.25, -0.2) is 15.0 Å². The number of nitrogens with zero attached hydrogens (tertiary/aromatic N) is 3. The summed E-state index contributed by atoms with van der Waals surface area (Å²) >= 11 is 6.13. The van der Waals surface area contributed by atoms with Crippen LogP contribution >= 0.6 is 11.6 Å². The zero-order valence-electron chi connectivity index (χ0n) is 16.0. The molecular weight excluding hydrogens is 392 g/mol. The lowest BCUT2D eigenvalue weighted by molar-refractivity contribution is 0.218. The predicted molar refractivity (Wildman–Crippen MR) is 114 cm³/mol. The minimum absolute atomic E-state index is 0.0341. The Balaban J connectivity index is 1.68. The average Bonchev–Trinajstić information content (AvgIpc) is 3.07. The number of methoxy groups -OCH3 is 1. The van der Waals surface area contributed by atoms with Gasteiger partial charge in [-0.1, -0.05) is 18.5 Å². The monoisotopic (exact) mass is 412 g/mol. The van der Waals surface area contributed by atoms with Gasteiger partial charge in [0, 0.05) is 41.5 Å². The maximum Gasteiger partial charge on any atom is 0.227 e. The highest BCUT2D eigenvalue weighted by Gasteiger charge is 2.35. The third kappa shape index (κ3) is 3.52. The summed E-state index contributed by atoms with van der Waals surface area (Å²) in [5, 5.41) is 16.6. The van der Waals surface area contributed by atoms with E-state index in [4.69, 9.17) is 22.1 Å². The van der Waals surface area contributed by atoms with E-state index in [-0.39, 0.29) is 12.0 Å². The molecule has 1 aliphatic heterocycles. The third-order valence-corrected chi connectivity index (χ3v) is 5.38. The first-order valence-corrected chi connectivity index (χ1v) is 9.40. The van der Waals surface area contributed by atoms with Crippen LogP contribution in [0.4, 0.5) is 23.1 Å². The summed E-state index contributed by atoms with van der Waals surface area (Å²) in [6.45, 7) is 2.68. The van der Waals surface area contributed by atoms with E-state index in [1.165, 1.54) is 0 Å². The van der Waals surface area contributed by atoms with Gasteiger partial charge in [0.2, 0.25) is 5.95 Å². The number of hydrogen-bond acceptors (Lipinski definition) is 8. The van der Waals surface area contributed by atoms with Crippen LogP contribution < -0.4 is 21.1 Å². The Bertz CT molecular complexity index is 1080. The van der Waals surface area contributed by atoms with Crippen LogP contribution in [0.1, 0.15) is 12.5 Å². The molecule has 29 heavy (non-hydrogen) atoms. The van der Waals surface area contributed by atoms with E-state index in [0.29, 0.717) is 40.3 Å². The van der Waals surface area contributed by atoms with Crippen molar-refractivity contribution in [2.24, 2.45) is 0 Å². The molecule has 4 rings (SSSR count). The highest BCUT2D eigenvalue weighted by Crippen LogP contribution is 2.37. The number of nitrogen functional groups attached to an aromatic ring is 1. The number of hydrogen-bond donors (Lipinski definition) is 4. The van der Waals surface area contributed by atoms with Crippen LogP contribution in [0.3, 0.4) is 0 Å². The fourth-order valence-corrected chi connectivity index (χ4v) is 3.42. The van der Waals surface area contributed by atoms with Gasteiger partial charge in [-0.05, 0) is 18.2 Å². The predicted octanol–water partition coefficient (Wildman–Crippen LogP) is 3.20. The number of nitrogens with one attached hydrogen (secondary N) is 2. The number of aliphatic hydroxyl groups excluding tert-OH is 1. The van der Waals surface area contributed by atoms with Crippen LogP contribution in [0.2, 0.25) is 5.02 Å². The number of nitrogens with two attached hydrogens (primary N) is 1. The van der Waals surface area contributed by atoms with Crippen LogP contribution in [-0.4, -0.2) is 40.3 Å². The van der Waals surface area contributed by atoms with E-state index in [1.54, 1.807) is 37.7 Å². The first-order chi connectivity index (χ1) is 13.9. The first-order valence-electron chi connectivity index (χ1n) is 9.02. The Hall–Kier alpha value is -3.10. The van der Waals surface area contributed by atoms with Gasteiger partial charge < -0.3 is 26.2 Å². The summed E-state index contributed by atoms with van der Waals surface area (Å²) in [5.74, 6) is 1.70.